The molecule has 2 N–H and O–H groups in total. The second kappa shape index (κ2) is 3.21. The number of anilines is 1. The summed E-state index contributed by atoms with van der Waals surface area (Å²) < 4.78 is 1.18. The van der Waals surface area contributed by atoms with E-state index < -0.39 is 0 Å². The van der Waals surface area contributed by atoms with Gasteiger partial charge in [0.25, 0.3) is 5.91 Å². The van der Waals surface area contributed by atoms with E-state index >= 15 is 0 Å². The molecule has 64 valence electrons. The van der Waals surface area contributed by atoms with Crippen LogP contribution in [0.15, 0.2) is 18.2 Å². The van der Waals surface area contributed by atoms with Gasteiger partial charge in [-0.05, 0) is 13.8 Å². The van der Waals surface area contributed by atoms with Crippen molar-refractivity contribution in [3.63, 3.8) is 0 Å². The van der Waals surface area contributed by atoms with E-state index in [4.69, 9.17) is 5.73 Å². The monoisotopic (exact) mass is 165 g/mol. The first-order valence-corrected chi connectivity index (χ1v) is 3.64. The molecule has 1 heterocycles. The van der Waals surface area contributed by atoms with Gasteiger partial charge in [-0.3, -0.25) is 4.79 Å². The number of aromatic nitrogens is 2. The zero-order valence-corrected chi connectivity index (χ0v) is 7.11. The molecule has 0 saturated carbocycles. The molecule has 0 unspecified atom stereocenters. The van der Waals surface area contributed by atoms with E-state index in [-0.39, 0.29) is 5.91 Å². The fraction of sp³-hybridized carbons (Fsp3) is 0.250. The van der Waals surface area contributed by atoms with Crippen LogP contribution in [0, 0.1) is 6.92 Å². The smallest absolute Gasteiger partial charge is 0.272 e. The number of nitrogens with zero attached hydrogens (tertiary/aromatic N) is 2. The van der Waals surface area contributed by atoms with Crippen molar-refractivity contribution in [3.05, 3.63) is 23.9 Å². The molecule has 0 aliphatic rings. The zero-order chi connectivity index (χ0) is 9.14. The molecule has 0 radical (unpaired) electrons. The van der Waals surface area contributed by atoms with Gasteiger partial charge in [0.2, 0.25) is 0 Å². The fourth-order valence-electron chi connectivity index (χ4n) is 0.909. The lowest BCUT2D eigenvalue weighted by Gasteiger charge is -1.95. The van der Waals surface area contributed by atoms with Gasteiger partial charge in [0, 0.05) is 12.1 Å². The van der Waals surface area contributed by atoms with Gasteiger partial charge in [-0.1, -0.05) is 6.08 Å². The number of aryl methyl sites for hydroxylation is 1. The second-order valence-corrected chi connectivity index (χ2v) is 2.46. The van der Waals surface area contributed by atoms with Crippen LogP contribution in [-0.2, 0) is 0 Å². The SMILES string of the molecule is C/C=C/C(=O)n1nc(C)cc1N. The van der Waals surface area contributed by atoms with Gasteiger partial charge in [-0.2, -0.15) is 9.78 Å². The molecule has 1 aromatic rings. The van der Waals surface area contributed by atoms with E-state index in [1.54, 1.807) is 26.0 Å². The third-order valence-corrected chi connectivity index (χ3v) is 1.38. The zero-order valence-electron chi connectivity index (χ0n) is 7.11. The van der Waals surface area contributed by atoms with E-state index in [1.807, 2.05) is 0 Å². The molecule has 0 atom stereocenters. The van der Waals surface area contributed by atoms with Crippen LogP contribution < -0.4 is 5.73 Å². The van der Waals surface area contributed by atoms with Crippen molar-refractivity contribution in [1.29, 1.82) is 0 Å². The number of nitrogen functional groups attached to an aromatic ring is 1. The quantitative estimate of drug-likeness (QED) is 0.631. The van der Waals surface area contributed by atoms with Crippen LogP contribution in [0.2, 0.25) is 0 Å². The molecule has 0 aliphatic heterocycles. The lowest BCUT2D eigenvalue weighted by atomic mass is 10.5. The first-order valence-electron chi connectivity index (χ1n) is 3.64. The van der Waals surface area contributed by atoms with Crippen LogP contribution in [-0.4, -0.2) is 15.7 Å². The number of hydrogen-bond donors (Lipinski definition) is 1. The maximum atomic E-state index is 11.2. The van der Waals surface area contributed by atoms with Crippen LogP contribution in [0.4, 0.5) is 5.82 Å². The van der Waals surface area contributed by atoms with E-state index in [1.165, 1.54) is 10.8 Å². The summed E-state index contributed by atoms with van der Waals surface area (Å²) in [5, 5.41) is 3.92. The van der Waals surface area contributed by atoms with Crippen LogP contribution in [0.25, 0.3) is 0 Å². The number of rotatable bonds is 1. The summed E-state index contributed by atoms with van der Waals surface area (Å²) >= 11 is 0. The van der Waals surface area contributed by atoms with Gasteiger partial charge in [-0.25, -0.2) is 0 Å². The highest BCUT2D eigenvalue weighted by atomic mass is 16.2. The van der Waals surface area contributed by atoms with Gasteiger partial charge in [-0.15, -0.1) is 0 Å². The second-order valence-electron chi connectivity index (χ2n) is 2.46. The van der Waals surface area contributed by atoms with Crippen molar-refractivity contribution in [2.75, 3.05) is 5.73 Å². The molecule has 0 amide bonds. The lowest BCUT2D eigenvalue weighted by Crippen LogP contribution is -2.12. The molecule has 1 rings (SSSR count). The Labute approximate surface area is 70.7 Å². The molecule has 1 aromatic heterocycles. The molecule has 0 aliphatic carbocycles. The molecule has 0 saturated heterocycles. The Bertz CT molecular complexity index is 325. The summed E-state index contributed by atoms with van der Waals surface area (Å²) in [5.41, 5.74) is 6.26. The van der Waals surface area contributed by atoms with Crippen LogP contribution in [0.1, 0.15) is 17.4 Å². The summed E-state index contributed by atoms with van der Waals surface area (Å²) in [6.45, 7) is 3.56. The molecule has 12 heavy (non-hydrogen) atoms. The summed E-state index contributed by atoms with van der Waals surface area (Å²) in [6, 6.07) is 1.65. The molecular weight excluding hydrogens is 154 g/mol. The highest BCUT2D eigenvalue weighted by Gasteiger charge is 2.05. The van der Waals surface area contributed by atoms with Crippen LogP contribution in [0.3, 0.4) is 0 Å². The maximum absolute atomic E-state index is 11.2. The van der Waals surface area contributed by atoms with Gasteiger partial charge < -0.3 is 5.73 Å². The van der Waals surface area contributed by atoms with Gasteiger partial charge >= 0.3 is 0 Å². The fourth-order valence-corrected chi connectivity index (χ4v) is 0.909. The number of carbonyl (C=O) groups excluding carboxylic acids is 1. The Kier molecular flexibility index (Phi) is 2.28. The van der Waals surface area contributed by atoms with Crippen molar-refractivity contribution in [2.24, 2.45) is 0 Å². The highest BCUT2D eigenvalue weighted by molar-refractivity contribution is 5.91. The normalized spacial score (nSPS) is 10.8. The van der Waals surface area contributed by atoms with Crippen LogP contribution in [0.5, 0.6) is 0 Å². The first kappa shape index (κ1) is 8.52. The summed E-state index contributed by atoms with van der Waals surface area (Å²) in [7, 11) is 0. The van der Waals surface area contributed by atoms with E-state index in [2.05, 4.69) is 5.10 Å². The number of hydrogen-bond acceptors (Lipinski definition) is 3. The molecule has 0 bridgehead atoms. The van der Waals surface area contributed by atoms with Crippen molar-refractivity contribution in [2.45, 2.75) is 13.8 Å². The Morgan fingerprint density at radius 2 is 2.42 bits per heavy atom. The minimum atomic E-state index is -0.219. The van der Waals surface area contributed by atoms with Crippen molar-refractivity contribution < 1.29 is 4.79 Å². The summed E-state index contributed by atoms with van der Waals surface area (Å²) in [6.07, 6.45) is 3.07. The van der Waals surface area contributed by atoms with Crippen molar-refractivity contribution >= 4 is 11.7 Å². The van der Waals surface area contributed by atoms with E-state index in [0.717, 1.165) is 5.69 Å². The van der Waals surface area contributed by atoms with Gasteiger partial charge in [0.1, 0.15) is 5.82 Å². The molecule has 4 nitrogen and oxygen atoms in total. The minimum Gasteiger partial charge on any atom is -0.383 e. The molecule has 4 heteroatoms. The van der Waals surface area contributed by atoms with E-state index in [0.29, 0.717) is 5.82 Å². The highest BCUT2D eigenvalue weighted by Crippen LogP contribution is 2.04. The Morgan fingerprint density at radius 3 is 2.83 bits per heavy atom. The number of allylic oxidation sites excluding steroid dienone is 2. The van der Waals surface area contributed by atoms with Gasteiger partial charge in [0.15, 0.2) is 0 Å². The Hall–Kier alpha value is -1.58. The van der Waals surface area contributed by atoms with Crippen molar-refractivity contribution in [3.8, 4) is 0 Å². The summed E-state index contributed by atoms with van der Waals surface area (Å²) in [5.74, 6) is 0.152. The Morgan fingerprint density at radius 1 is 1.75 bits per heavy atom. The van der Waals surface area contributed by atoms with Gasteiger partial charge in [0.05, 0.1) is 5.69 Å². The Balaban J connectivity index is 3.02. The third-order valence-electron chi connectivity index (χ3n) is 1.38. The first-order chi connectivity index (χ1) is 5.65. The largest absolute Gasteiger partial charge is 0.383 e. The average Bonchev–Trinajstić information content (AvgIpc) is 2.30. The molecule has 0 fully saturated rings. The predicted molar refractivity (Wildman–Crippen MR) is 46.8 cm³/mol. The molecule has 0 aromatic carbocycles. The predicted octanol–water partition coefficient (Wildman–Crippen LogP) is 0.990. The average molecular weight is 165 g/mol. The van der Waals surface area contributed by atoms with Crippen molar-refractivity contribution in [1.82, 2.24) is 9.78 Å². The van der Waals surface area contributed by atoms with Crippen LogP contribution >= 0.6 is 0 Å². The number of carbonyl (C=O) groups is 1. The van der Waals surface area contributed by atoms with E-state index in [9.17, 15) is 4.79 Å². The topological polar surface area (TPSA) is 60.9 Å². The lowest BCUT2D eigenvalue weighted by molar-refractivity contribution is 0.0956. The maximum Gasteiger partial charge on any atom is 0.272 e. The number of nitrogens with two attached hydrogens (primary N) is 1. The third kappa shape index (κ3) is 1.53. The molecular formula is C8H11N3O. The molecule has 0 spiro atoms. The standard InChI is InChI=1S/C8H11N3O/c1-3-4-8(12)11-7(9)5-6(2)10-11/h3-5H,9H2,1-2H3/b4-3+. The summed E-state index contributed by atoms with van der Waals surface area (Å²) in [4.78, 5) is 11.2. The minimum absolute atomic E-state index is 0.219.